The third-order valence-electron chi connectivity index (χ3n) is 22.5. The zero-order valence-corrected chi connectivity index (χ0v) is 63.5. The lowest BCUT2D eigenvalue weighted by molar-refractivity contribution is 0.766. The third-order valence-corrected chi connectivity index (χ3v) is 26.1. The Bertz CT molecular complexity index is 7940. The van der Waals surface area contributed by atoms with Crippen LogP contribution in [0.15, 0.2) is 334 Å². The van der Waals surface area contributed by atoms with Gasteiger partial charge in [0.15, 0.2) is 16.9 Å². The van der Waals surface area contributed by atoms with Gasteiger partial charge in [0.2, 0.25) is 0 Å². The highest BCUT2D eigenvalue weighted by molar-refractivity contribution is 7.27. The van der Waals surface area contributed by atoms with Crippen LogP contribution in [0.2, 0.25) is 0 Å². The minimum absolute atomic E-state index is 0.280. The number of thiophene rings is 3. The fourth-order valence-corrected chi connectivity index (χ4v) is 20.8. The molecule has 0 spiro atoms. The molecule has 0 saturated carbocycles. The number of nitrogens with zero attached hydrogens (tertiary/aromatic N) is 9. The van der Waals surface area contributed by atoms with Crippen LogP contribution in [0.4, 0.5) is 0 Å². The molecule has 9 nitrogen and oxygen atoms in total. The number of fused-ring (bicyclic) bond motifs is 27. The maximum Gasteiger partial charge on any atom is 0.169 e. The summed E-state index contributed by atoms with van der Waals surface area (Å²) in [6.07, 6.45) is 1.80. The summed E-state index contributed by atoms with van der Waals surface area (Å²) in [6.45, 7) is 6.36. The predicted molar refractivity (Wildman–Crippen MR) is 474 cm³/mol. The second kappa shape index (κ2) is 26.3. The lowest BCUT2D eigenvalue weighted by Crippen LogP contribution is -1.99. The number of rotatable bonds is 7. The van der Waals surface area contributed by atoms with Crippen LogP contribution in [0.25, 0.3) is 209 Å². The van der Waals surface area contributed by atoms with E-state index in [4.69, 9.17) is 0 Å². The molecule has 112 heavy (non-hydrogen) atoms. The van der Waals surface area contributed by atoms with Crippen LogP contribution in [0.1, 0.15) is 31.4 Å². The van der Waals surface area contributed by atoms with E-state index in [1.165, 1.54) is 160 Å². The largest absolute Gasteiger partial charge is 0.281 e. The highest BCUT2D eigenvalue weighted by Gasteiger charge is 2.21. The zero-order chi connectivity index (χ0) is 74.2. The number of hydrogen-bond acceptors (Lipinski definition) is 9. The van der Waals surface area contributed by atoms with Crippen molar-refractivity contribution in [2.75, 3.05) is 0 Å². The maximum atomic E-state index is 4.59. The standard InChI is InChI=1S/C35H25N3S.C33H21N3S.C32H19N3S/c1-21(2)34-36-37-35-29-10-4-3-8-26(29)30-20-24(18-19-31(30)38(34)35)22-14-16-23(17-15-22)25-11-7-12-28-27-9-5-6-13-32(27)39-33(25)28;1-20-34-35-33-28-9-3-2-7-25(28)29-19-23(17-18-30(29)36(20)33)21-13-15-22(16-14-21)24-10-6-11-27-26-8-4-5-12-31(26)37-32(24)27;1-2-8-27-24(6-1)28-18-22(16-17-29(28)35-19-33-34-32(27)35)20-12-14-21(15-13-20)23-9-5-10-26-25-7-3-4-11-30(25)36-31(23)26/h3-21H,1-2H3;2-19H,1H3;1-19H. The second-order valence-electron chi connectivity index (χ2n) is 29.2. The monoisotopic (exact) mass is 1490 g/mol. The topological polar surface area (TPSA) is 90.6 Å². The number of aromatic nitrogens is 9. The van der Waals surface area contributed by atoms with Crippen LogP contribution in [0, 0.1) is 6.92 Å². The first-order valence-electron chi connectivity index (χ1n) is 37.8. The van der Waals surface area contributed by atoms with Gasteiger partial charge in [-0.1, -0.05) is 287 Å². The van der Waals surface area contributed by atoms with Crippen molar-refractivity contribution in [1.29, 1.82) is 0 Å². The quantitative estimate of drug-likeness (QED) is 0.148. The Kier molecular flexibility index (Phi) is 15.4. The van der Waals surface area contributed by atoms with Gasteiger partial charge in [-0.15, -0.1) is 64.6 Å². The fourth-order valence-electron chi connectivity index (χ4n) is 17.1. The molecule has 24 aromatic rings. The van der Waals surface area contributed by atoms with Crippen molar-refractivity contribution in [3.8, 4) is 66.8 Å². The van der Waals surface area contributed by atoms with Gasteiger partial charge < -0.3 is 0 Å². The SMILES string of the molecule is CC(C)c1nnc2c3ccccc3c3cc(-c4ccc(-c5cccc6c5sc5ccccc56)cc4)ccc3n12.Cc1nnc2c3ccccc3c3cc(-c4ccc(-c5cccc6c5sc5ccccc56)cc4)ccc3n12.c1ccc2c(c1)sc1c(-c3ccc(-c4ccc5c(c4)c4ccccc4c4nncn54)cc3)cccc12. The Morgan fingerprint density at radius 3 is 0.991 bits per heavy atom. The Hall–Kier alpha value is -13.6. The molecular weight excluding hydrogens is 1420 g/mol. The van der Waals surface area contributed by atoms with Crippen LogP contribution in [0.3, 0.4) is 0 Å². The first-order chi connectivity index (χ1) is 55.3. The zero-order valence-electron chi connectivity index (χ0n) is 61.1. The Labute approximate surface area is 654 Å². The van der Waals surface area contributed by atoms with Crippen LogP contribution in [0.5, 0.6) is 0 Å². The number of pyridine rings is 3. The molecule has 0 amide bonds. The minimum atomic E-state index is 0.280. The third kappa shape index (κ3) is 10.6. The van der Waals surface area contributed by atoms with Crippen LogP contribution < -0.4 is 0 Å². The molecule has 0 atom stereocenters. The molecule has 12 heteroatoms. The van der Waals surface area contributed by atoms with Crippen LogP contribution >= 0.6 is 34.0 Å². The first kappa shape index (κ1) is 65.5. The summed E-state index contributed by atoms with van der Waals surface area (Å²) in [7, 11) is 0. The molecule has 15 aromatic carbocycles. The molecule has 0 saturated heterocycles. The molecule has 528 valence electrons. The summed E-state index contributed by atoms with van der Waals surface area (Å²) in [4.78, 5) is 0. The normalized spacial score (nSPS) is 12.0. The molecule has 0 aliphatic heterocycles. The van der Waals surface area contributed by atoms with Gasteiger partial charge in [-0.05, 0) is 144 Å². The van der Waals surface area contributed by atoms with Crippen molar-refractivity contribution < 1.29 is 0 Å². The van der Waals surface area contributed by atoms with Gasteiger partial charge in [-0.2, -0.15) is 0 Å². The molecule has 0 aliphatic carbocycles. The van der Waals surface area contributed by atoms with Crippen molar-refractivity contribution in [3.05, 3.63) is 346 Å². The first-order valence-corrected chi connectivity index (χ1v) is 40.3. The van der Waals surface area contributed by atoms with Crippen molar-refractivity contribution in [2.45, 2.75) is 26.7 Å². The van der Waals surface area contributed by atoms with Gasteiger partial charge in [-0.25, -0.2) is 0 Å². The van der Waals surface area contributed by atoms with Gasteiger partial charge >= 0.3 is 0 Å². The number of aryl methyl sites for hydroxylation is 1. The van der Waals surface area contributed by atoms with Crippen molar-refractivity contribution >= 4 is 176 Å². The number of benzene rings is 15. The molecule has 9 heterocycles. The van der Waals surface area contributed by atoms with Gasteiger partial charge in [0, 0.05) is 98.8 Å². The highest BCUT2D eigenvalue weighted by atomic mass is 32.1. The van der Waals surface area contributed by atoms with E-state index in [0.717, 1.165) is 61.3 Å². The van der Waals surface area contributed by atoms with E-state index in [0.29, 0.717) is 0 Å². The lowest BCUT2D eigenvalue weighted by Gasteiger charge is -2.13. The van der Waals surface area contributed by atoms with Gasteiger partial charge in [0.1, 0.15) is 18.0 Å². The van der Waals surface area contributed by atoms with Gasteiger partial charge in [0.25, 0.3) is 0 Å². The summed E-state index contributed by atoms with van der Waals surface area (Å²) in [5.41, 5.74) is 21.0. The maximum absolute atomic E-state index is 4.59. The smallest absolute Gasteiger partial charge is 0.169 e. The molecule has 0 radical (unpaired) electrons. The summed E-state index contributed by atoms with van der Waals surface area (Å²) >= 11 is 5.63. The minimum Gasteiger partial charge on any atom is -0.281 e. The Morgan fingerprint density at radius 1 is 0.250 bits per heavy atom. The predicted octanol–water partition coefficient (Wildman–Crippen LogP) is 27.6. The summed E-state index contributed by atoms with van der Waals surface area (Å²) in [5.74, 6) is 2.17. The van der Waals surface area contributed by atoms with Crippen LogP contribution in [-0.2, 0) is 0 Å². The molecule has 24 rings (SSSR count). The van der Waals surface area contributed by atoms with E-state index in [2.05, 4.69) is 385 Å². The summed E-state index contributed by atoms with van der Waals surface area (Å²) in [6, 6.07) is 119. The molecule has 0 fully saturated rings. The molecule has 0 bridgehead atoms. The molecular formula is C100H65N9S3. The van der Waals surface area contributed by atoms with Crippen molar-refractivity contribution in [1.82, 2.24) is 43.8 Å². The average Bonchev–Trinajstić information content (AvgIpc) is 1.24. The van der Waals surface area contributed by atoms with E-state index in [9.17, 15) is 0 Å². The van der Waals surface area contributed by atoms with E-state index in [1.54, 1.807) is 6.33 Å². The van der Waals surface area contributed by atoms with E-state index in [1.807, 2.05) is 40.9 Å². The molecule has 9 aromatic heterocycles. The Balaban J connectivity index is 0.000000103. The van der Waals surface area contributed by atoms with Gasteiger partial charge in [0.05, 0.1) is 16.6 Å². The average molecular weight is 1490 g/mol. The van der Waals surface area contributed by atoms with E-state index in [-0.39, 0.29) is 5.92 Å². The fraction of sp³-hybridized carbons (Fsp3) is 0.0400. The van der Waals surface area contributed by atoms with Gasteiger partial charge in [-0.3, -0.25) is 13.2 Å². The summed E-state index contributed by atoms with van der Waals surface area (Å²) in [5, 5.41) is 45.1. The van der Waals surface area contributed by atoms with E-state index < -0.39 is 0 Å². The van der Waals surface area contributed by atoms with E-state index >= 15 is 0 Å². The Morgan fingerprint density at radius 2 is 0.571 bits per heavy atom. The second-order valence-corrected chi connectivity index (χ2v) is 32.4. The van der Waals surface area contributed by atoms with Crippen LogP contribution in [-0.4, -0.2) is 43.8 Å². The highest BCUT2D eigenvalue weighted by Crippen LogP contribution is 2.46. The van der Waals surface area contributed by atoms with Crippen molar-refractivity contribution in [2.24, 2.45) is 0 Å². The summed E-state index contributed by atoms with van der Waals surface area (Å²) < 4.78 is 14.5. The molecule has 0 N–H and O–H groups in total. The molecule has 0 unspecified atom stereocenters. The molecule has 0 aliphatic rings. The number of hydrogen-bond donors (Lipinski definition) is 0. The van der Waals surface area contributed by atoms with Crippen molar-refractivity contribution in [3.63, 3.8) is 0 Å². The lowest BCUT2D eigenvalue weighted by atomic mass is 9.97.